The molecule has 0 saturated heterocycles. The molecule has 0 bridgehead atoms. The van der Waals surface area contributed by atoms with Crippen molar-refractivity contribution in [1.29, 1.82) is 0 Å². The van der Waals surface area contributed by atoms with E-state index in [1.807, 2.05) is 72.8 Å². The van der Waals surface area contributed by atoms with Gasteiger partial charge in [0.15, 0.2) is 0 Å². The van der Waals surface area contributed by atoms with E-state index in [4.69, 9.17) is 21.1 Å². The number of carbonyl (C=O) groups is 2. The molecular formula is C26H24ClNO4. The summed E-state index contributed by atoms with van der Waals surface area (Å²) < 4.78 is 11.4. The van der Waals surface area contributed by atoms with Gasteiger partial charge in [0.1, 0.15) is 12.2 Å². The molecule has 0 radical (unpaired) electrons. The van der Waals surface area contributed by atoms with Gasteiger partial charge < -0.3 is 14.4 Å². The zero-order chi connectivity index (χ0) is 22.5. The lowest BCUT2D eigenvalue weighted by atomic mass is 9.99. The number of amides is 1. The van der Waals surface area contributed by atoms with Crippen molar-refractivity contribution in [3.05, 3.63) is 101 Å². The van der Waals surface area contributed by atoms with Crippen LogP contribution in [-0.2, 0) is 25.6 Å². The van der Waals surface area contributed by atoms with Crippen LogP contribution in [0.5, 0.6) is 0 Å². The Morgan fingerprint density at radius 3 is 2.41 bits per heavy atom. The minimum Gasteiger partial charge on any atom is -0.466 e. The summed E-state index contributed by atoms with van der Waals surface area (Å²) in [7, 11) is 0. The van der Waals surface area contributed by atoms with E-state index in [9.17, 15) is 9.59 Å². The molecule has 0 saturated carbocycles. The predicted octanol–water partition coefficient (Wildman–Crippen LogP) is 5.31. The van der Waals surface area contributed by atoms with Gasteiger partial charge in [-0.2, -0.15) is 0 Å². The molecule has 3 aromatic rings. The highest BCUT2D eigenvalue weighted by Gasteiger charge is 2.38. The Morgan fingerprint density at radius 1 is 1.03 bits per heavy atom. The van der Waals surface area contributed by atoms with Crippen molar-refractivity contribution < 1.29 is 19.1 Å². The molecule has 1 amide bonds. The van der Waals surface area contributed by atoms with Crippen LogP contribution >= 0.6 is 11.6 Å². The second kappa shape index (κ2) is 9.98. The average molecular weight is 450 g/mol. The zero-order valence-corrected chi connectivity index (χ0v) is 18.5. The first kappa shape index (κ1) is 22.1. The molecule has 164 valence electrons. The van der Waals surface area contributed by atoms with E-state index in [0.717, 1.165) is 16.7 Å². The molecule has 1 aliphatic rings. The first-order chi connectivity index (χ1) is 15.6. The Balaban J connectivity index is 1.82. The van der Waals surface area contributed by atoms with Gasteiger partial charge in [0, 0.05) is 10.6 Å². The van der Waals surface area contributed by atoms with Crippen molar-refractivity contribution in [3.8, 4) is 0 Å². The smallest absolute Gasteiger partial charge is 0.308 e. The summed E-state index contributed by atoms with van der Waals surface area (Å²) in [5.74, 6) is -0.759. The van der Waals surface area contributed by atoms with Gasteiger partial charge in [-0.15, -0.1) is 0 Å². The fraction of sp³-hybridized carbons (Fsp3) is 0.231. The minimum atomic E-state index is -0.992. The normalized spacial score (nSPS) is 18.1. The van der Waals surface area contributed by atoms with Gasteiger partial charge in [0.25, 0.3) is 5.91 Å². The van der Waals surface area contributed by atoms with Crippen molar-refractivity contribution in [2.75, 3.05) is 11.5 Å². The third-order valence-electron chi connectivity index (χ3n) is 5.35. The number of carbonyl (C=O) groups excluding carboxylic acids is 2. The van der Waals surface area contributed by atoms with Crippen LogP contribution in [0, 0.1) is 0 Å². The SMILES string of the molecule is CCOC(=O)CC1OC(c2ccccc2)c2cc(Cl)ccc2N(Cc2ccccc2)C1=O. The summed E-state index contributed by atoms with van der Waals surface area (Å²) in [6.07, 6.45) is -1.72. The first-order valence-corrected chi connectivity index (χ1v) is 11.0. The number of hydrogen-bond donors (Lipinski definition) is 0. The molecule has 0 aliphatic carbocycles. The Labute approximate surface area is 192 Å². The molecular weight excluding hydrogens is 426 g/mol. The molecule has 5 nitrogen and oxygen atoms in total. The highest BCUT2D eigenvalue weighted by atomic mass is 35.5. The number of nitrogens with zero attached hydrogens (tertiary/aromatic N) is 1. The molecule has 1 aliphatic heterocycles. The summed E-state index contributed by atoms with van der Waals surface area (Å²) >= 11 is 6.36. The maximum absolute atomic E-state index is 13.7. The molecule has 6 heteroatoms. The van der Waals surface area contributed by atoms with E-state index in [0.29, 0.717) is 17.3 Å². The lowest BCUT2D eigenvalue weighted by molar-refractivity contribution is -0.151. The minimum absolute atomic E-state index is 0.164. The van der Waals surface area contributed by atoms with Crippen LogP contribution in [0.1, 0.15) is 36.1 Å². The van der Waals surface area contributed by atoms with E-state index in [1.54, 1.807) is 17.9 Å². The predicted molar refractivity (Wildman–Crippen MR) is 123 cm³/mol. The number of benzene rings is 3. The summed E-state index contributed by atoms with van der Waals surface area (Å²) in [5, 5.41) is 0.546. The number of anilines is 1. The molecule has 3 aromatic carbocycles. The molecule has 0 spiro atoms. The van der Waals surface area contributed by atoms with Crippen LogP contribution in [0.3, 0.4) is 0 Å². The highest BCUT2D eigenvalue weighted by molar-refractivity contribution is 6.30. The lowest BCUT2D eigenvalue weighted by Gasteiger charge is -2.25. The molecule has 0 aromatic heterocycles. The zero-order valence-electron chi connectivity index (χ0n) is 17.7. The molecule has 4 rings (SSSR count). The maximum Gasteiger partial charge on any atom is 0.308 e. The number of hydrogen-bond acceptors (Lipinski definition) is 4. The van der Waals surface area contributed by atoms with Crippen LogP contribution < -0.4 is 4.90 Å². The number of fused-ring (bicyclic) bond motifs is 1. The summed E-state index contributed by atoms with van der Waals surface area (Å²) in [5.41, 5.74) is 3.33. The van der Waals surface area contributed by atoms with Gasteiger partial charge in [-0.1, -0.05) is 72.3 Å². The fourth-order valence-corrected chi connectivity index (χ4v) is 4.07. The number of ether oxygens (including phenoxy) is 2. The van der Waals surface area contributed by atoms with E-state index in [1.165, 1.54) is 0 Å². The monoisotopic (exact) mass is 449 g/mol. The number of rotatable bonds is 6. The second-order valence-electron chi connectivity index (χ2n) is 7.54. The molecule has 0 N–H and O–H groups in total. The summed E-state index contributed by atoms with van der Waals surface area (Å²) in [4.78, 5) is 27.7. The van der Waals surface area contributed by atoms with Crippen molar-refractivity contribution in [1.82, 2.24) is 0 Å². The van der Waals surface area contributed by atoms with Crippen molar-refractivity contribution in [2.24, 2.45) is 0 Å². The molecule has 2 unspecified atom stereocenters. The fourth-order valence-electron chi connectivity index (χ4n) is 3.89. The molecule has 32 heavy (non-hydrogen) atoms. The quantitative estimate of drug-likeness (QED) is 0.478. The first-order valence-electron chi connectivity index (χ1n) is 10.6. The van der Waals surface area contributed by atoms with Gasteiger partial charge in [-0.3, -0.25) is 9.59 Å². The van der Waals surface area contributed by atoms with E-state index in [2.05, 4.69) is 0 Å². The third-order valence-corrected chi connectivity index (χ3v) is 5.58. The highest BCUT2D eigenvalue weighted by Crippen LogP contribution is 2.40. The Hall–Kier alpha value is -3.15. The van der Waals surface area contributed by atoms with Gasteiger partial charge >= 0.3 is 5.97 Å². The molecule has 0 fully saturated rings. The molecule has 1 heterocycles. The third kappa shape index (κ3) is 4.85. The van der Waals surface area contributed by atoms with E-state index in [-0.39, 0.29) is 18.9 Å². The van der Waals surface area contributed by atoms with Crippen LogP contribution in [0.4, 0.5) is 5.69 Å². The van der Waals surface area contributed by atoms with Gasteiger partial charge in [-0.25, -0.2) is 0 Å². The Kier molecular flexibility index (Phi) is 6.88. The van der Waals surface area contributed by atoms with Gasteiger partial charge in [-0.05, 0) is 36.2 Å². The Bertz CT molecular complexity index is 1090. The van der Waals surface area contributed by atoms with Crippen molar-refractivity contribution in [3.63, 3.8) is 0 Å². The Morgan fingerprint density at radius 2 is 1.72 bits per heavy atom. The topological polar surface area (TPSA) is 55.8 Å². The largest absolute Gasteiger partial charge is 0.466 e. The number of esters is 1. The second-order valence-corrected chi connectivity index (χ2v) is 7.97. The van der Waals surface area contributed by atoms with Crippen molar-refractivity contribution in [2.45, 2.75) is 32.1 Å². The van der Waals surface area contributed by atoms with Crippen LogP contribution in [-0.4, -0.2) is 24.6 Å². The molecule has 2 atom stereocenters. The van der Waals surface area contributed by atoms with Crippen LogP contribution in [0.25, 0.3) is 0 Å². The average Bonchev–Trinajstić information content (AvgIpc) is 2.91. The van der Waals surface area contributed by atoms with Gasteiger partial charge in [0.2, 0.25) is 0 Å². The number of halogens is 1. The lowest BCUT2D eigenvalue weighted by Crippen LogP contribution is -2.40. The van der Waals surface area contributed by atoms with Crippen molar-refractivity contribution >= 4 is 29.2 Å². The van der Waals surface area contributed by atoms with Crippen LogP contribution in [0.2, 0.25) is 5.02 Å². The standard InChI is InChI=1S/C26H24ClNO4/c1-2-31-24(29)16-23-26(30)28(17-18-9-5-3-6-10-18)22-14-13-20(27)15-21(22)25(32-23)19-11-7-4-8-12-19/h3-15,23,25H,2,16-17H2,1H3. The van der Waals surface area contributed by atoms with Crippen LogP contribution in [0.15, 0.2) is 78.9 Å². The van der Waals surface area contributed by atoms with E-state index >= 15 is 0 Å². The van der Waals surface area contributed by atoms with E-state index < -0.39 is 18.2 Å². The maximum atomic E-state index is 13.7. The summed E-state index contributed by atoms with van der Waals surface area (Å²) in [6, 6.07) is 24.8. The summed E-state index contributed by atoms with van der Waals surface area (Å²) in [6.45, 7) is 2.32. The van der Waals surface area contributed by atoms with Gasteiger partial charge in [0.05, 0.1) is 25.3 Å².